The molecule has 0 radical (unpaired) electrons. The fraction of sp³-hybridized carbons (Fsp3) is 0.375. The molecule has 8 heteroatoms. The van der Waals surface area contributed by atoms with E-state index in [1.54, 1.807) is 42.5 Å². The molecule has 32 heavy (non-hydrogen) atoms. The molecule has 0 unspecified atom stereocenters. The molecule has 0 spiro atoms. The lowest BCUT2D eigenvalue weighted by Crippen LogP contribution is -3.14. The summed E-state index contributed by atoms with van der Waals surface area (Å²) in [5.74, 6) is 0.434. The fourth-order valence-corrected chi connectivity index (χ4v) is 3.92. The smallest absolute Gasteiger partial charge is 0.279 e. The number of amides is 1. The van der Waals surface area contributed by atoms with E-state index in [1.807, 2.05) is 13.0 Å². The maximum Gasteiger partial charge on any atom is 0.279 e. The van der Waals surface area contributed by atoms with Crippen molar-refractivity contribution in [1.82, 2.24) is 15.1 Å². The number of rotatable bonds is 8. The van der Waals surface area contributed by atoms with Gasteiger partial charge in [0.1, 0.15) is 18.8 Å². The molecule has 0 bridgehead atoms. The zero-order chi connectivity index (χ0) is 22.3. The van der Waals surface area contributed by atoms with Crippen molar-refractivity contribution < 1.29 is 19.2 Å². The van der Waals surface area contributed by atoms with Gasteiger partial charge in [0, 0.05) is 18.4 Å². The van der Waals surface area contributed by atoms with Gasteiger partial charge in [0.25, 0.3) is 11.5 Å². The second-order valence-electron chi connectivity index (χ2n) is 7.76. The number of hydrogen-bond acceptors (Lipinski definition) is 5. The SMILES string of the molecule is CCOc1ccc(-n2nc(C(=O)NCCC[NH+]3CCOCC3)c3ccccc3c2=O)cc1. The molecular formula is C24H29N4O4+. The average molecular weight is 438 g/mol. The molecule has 4 rings (SSSR count). The molecule has 168 valence electrons. The van der Waals surface area contributed by atoms with E-state index in [-0.39, 0.29) is 17.2 Å². The average Bonchev–Trinajstić information content (AvgIpc) is 2.84. The third-order valence-electron chi connectivity index (χ3n) is 5.60. The highest BCUT2D eigenvalue weighted by atomic mass is 16.5. The maximum absolute atomic E-state index is 13.1. The predicted molar refractivity (Wildman–Crippen MR) is 122 cm³/mol. The summed E-state index contributed by atoms with van der Waals surface area (Å²) in [6, 6.07) is 14.2. The minimum absolute atomic E-state index is 0.243. The number of ether oxygens (including phenoxy) is 2. The number of carbonyl (C=O) groups is 1. The van der Waals surface area contributed by atoms with Gasteiger partial charge in [-0.3, -0.25) is 9.59 Å². The lowest BCUT2D eigenvalue weighted by molar-refractivity contribution is -0.908. The van der Waals surface area contributed by atoms with E-state index in [2.05, 4.69) is 10.4 Å². The van der Waals surface area contributed by atoms with Gasteiger partial charge in [0.15, 0.2) is 5.69 Å². The Hall–Kier alpha value is -3.23. The van der Waals surface area contributed by atoms with Crippen LogP contribution in [0.15, 0.2) is 53.3 Å². The van der Waals surface area contributed by atoms with Crippen LogP contribution >= 0.6 is 0 Å². The van der Waals surface area contributed by atoms with E-state index in [4.69, 9.17) is 9.47 Å². The second-order valence-corrected chi connectivity index (χ2v) is 7.76. The molecule has 0 aliphatic carbocycles. The Kier molecular flexibility index (Phi) is 7.14. The third kappa shape index (κ3) is 4.98. The standard InChI is InChI=1S/C24H28N4O4/c1-2-32-19-10-8-18(9-11-19)28-24(30)21-7-4-3-6-20(21)22(26-28)23(29)25-12-5-13-27-14-16-31-17-15-27/h3-4,6-11H,2,5,12-17H2,1H3,(H,25,29)/p+1. The minimum Gasteiger partial charge on any atom is -0.494 e. The molecule has 1 aliphatic heterocycles. The van der Waals surface area contributed by atoms with Crippen LogP contribution < -0.4 is 20.5 Å². The first-order chi connectivity index (χ1) is 15.7. The minimum atomic E-state index is -0.280. The van der Waals surface area contributed by atoms with Gasteiger partial charge in [0.05, 0.1) is 37.4 Å². The molecule has 8 nitrogen and oxygen atoms in total. The molecule has 1 saturated heterocycles. The van der Waals surface area contributed by atoms with Gasteiger partial charge < -0.3 is 19.7 Å². The molecule has 1 aliphatic rings. The second kappa shape index (κ2) is 10.4. The Morgan fingerprint density at radius 1 is 1.12 bits per heavy atom. The van der Waals surface area contributed by atoms with Crippen LogP contribution in [0, 0.1) is 0 Å². The van der Waals surface area contributed by atoms with Crippen molar-refractivity contribution in [2.45, 2.75) is 13.3 Å². The quantitative estimate of drug-likeness (QED) is 0.510. The first-order valence-electron chi connectivity index (χ1n) is 11.1. The molecule has 1 aromatic heterocycles. The predicted octanol–water partition coefficient (Wildman–Crippen LogP) is 0.819. The van der Waals surface area contributed by atoms with E-state index in [0.29, 0.717) is 35.4 Å². The number of quaternary nitrogens is 1. The van der Waals surface area contributed by atoms with E-state index in [1.165, 1.54) is 9.58 Å². The van der Waals surface area contributed by atoms with Crippen molar-refractivity contribution in [2.24, 2.45) is 0 Å². The molecule has 1 fully saturated rings. The van der Waals surface area contributed by atoms with Crippen molar-refractivity contribution in [3.63, 3.8) is 0 Å². The van der Waals surface area contributed by atoms with Gasteiger partial charge in [0.2, 0.25) is 0 Å². The van der Waals surface area contributed by atoms with Crippen LogP contribution in [-0.4, -0.2) is 61.7 Å². The largest absolute Gasteiger partial charge is 0.494 e. The summed E-state index contributed by atoms with van der Waals surface area (Å²) in [5, 5.41) is 8.43. The van der Waals surface area contributed by atoms with Crippen LogP contribution in [-0.2, 0) is 4.74 Å². The summed E-state index contributed by atoms with van der Waals surface area (Å²) in [6.07, 6.45) is 0.873. The Bertz CT molecular complexity index is 1120. The number of hydrogen-bond donors (Lipinski definition) is 2. The van der Waals surface area contributed by atoms with Crippen molar-refractivity contribution in [2.75, 3.05) is 46.0 Å². The number of morpholine rings is 1. The highest BCUT2D eigenvalue weighted by Gasteiger charge is 2.18. The van der Waals surface area contributed by atoms with Crippen LogP contribution in [0.3, 0.4) is 0 Å². The Morgan fingerprint density at radius 2 is 1.84 bits per heavy atom. The van der Waals surface area contributed by atoms with Crippen LogP contribution in [0.5, 0.6) is 5.75 Å². The molecule has 2 N–H and O–H groups in total. The lowest BCUT2D eigenvalue weighted by Gasteiger charge is -2.23. The first kappa shape index (κ1) is 22.0. The molecule has 0 saturated carbocycles. The molecular weight excluding hydrogens is 408 g/mol. The normalized spacial score (nSPS) is 14.4. The number of fused-ring (bicyclic) bond motifs is 1. The van der Waals surface area contributed by atoms with E-state index in [0.717, 1.165) is 39.3 Å². The Balaban J connectivity index is 1.55. The van der Waals surface area contributed by atoms with Crippen LogP contribution in [0.4, 0.5) is 0 Å². The number of benzene rings is 2. The van der Waals surface area contributed by atoms with Crippen molar-refractivity contribution in [1.29, 1.82) is 0 Å². The van der Waals surface area contributed by atoms with Crippen molar-refractivity contribution in [3.05, 3.63) is 64.6 Å². The summed E-state index contributed by atoms with van der Waals surface area (Å²) in [6.45, 7) is 7.63. The number of nitrogens with one attached hydrogen (secondary N) is 2. The summed E-state index contributed by atoms with van der Waals surface area (Å²) in [5.41, 5.74) is 0.555. The topological polar surface area (TPSA) is 86.9 Å². The maximum atomic E-state index is 13.1. The van der Waals surface area contributed by atoms with Crippen LogP contribution in [0.2, 0.25) is 0 Å². The molecule has 0 atom stereocenters. The highest BCUT2D eigenvalue weighted by Crippen LogP contribution is 2.17. The van der Waals surface area contributed by atoms with Gasteiger partial charge in [-0.2, -0.15) is 9.78 Å². The zero-order valence-electron chi connectivity index (χ0n) is 18.3. The number of nitrogens with zero attached hydrogens (tertiary/aromatic N) is 2. The first-order valence-corrected chi connectivity index (χ1v) is 11.1. The molecule has 1 amide bonds. The summed E-state index contributed by atoms with van der Waals surface area (Å²) in [4.78, 5) is 27.6. The molecule has 2 heterocycles. The lowest BCUT2D eigenvalue weighted by atomic mass is 10.1. The van der Waals surface area contributed by atoms with E-state index >= 15 is 0 Å². The molecule has 2 aromatic carbocycles. The fourth-order valence-electron chi connectivity index (χ4n) is 3.92. The number of carbonyl (C=O) groups excluding carboxylic acids is 1. The third-order valence-corrected chi connectivity index (χ3v) is 5.60. The summed E-state index contributed by atoms with van der Waals surface area (Å²) >= 11 is 0. The van der Waals surface area contributed by atoms with Gasteiger partial charge >= 0.3 is 0 Å². The van der Waals surface area contributed by atoms with Gasteiger partial charge in [-0.25, -0.2) is 0 Å². The van der Waals surface area contributed by atoms with Gasteiger partial charge in [-0.1, -0.05) is 18.2 Å². The summed E-state index contributed by atoms with van der Waals surface area (Å²) < 4.78 is 12.1. The number of aromatic nitrogens is 2. The van der Waals surface area contributed by atoms with Gasteiger partial charge in [-0.15, -0.1) is 0 Å². The van der Waals surface area contributed by atoms with Crippen molar-refractivity contribution >= 4 is 16.7 Å². The van der Waals surface area contributed by atoms with Crippen LogP contribution in [0.1, 0.15) is 23.8 Å². The van der Waals surface area contributed by atoms with E-state index in [9.17, 15) is 9.59 Å². The van der Waals surface area contributed by atoms with E-state index < -0.39 is 0 Å². The summed E-state index contributed by atoms with van der Waals surface area (Å²) in [7, 11) is 0. The Morgan fingerprint density at radius 3 is 2.56 bits per heavy atom. The van der Waals surface area contributed by atoms with Gasteiger partial charge in [-0.05, 0) is 37.3 Å². The Labute approximate surface area is 186 Å². The zero-order valence-corrected chi connectivity index (χ0v) is 18.3. The van der Waals surface area contributed by atoms with Crippen LogP contribution in [0.25, 0.3) is 16.5 Å². The molecule has 3 aromatic rings. The van der Waals surface area contributed by atoms with Crippen molar-refractivity contribution in [3.8, 4) is 11.4 Å². The monoisotopic (exact) mass is 437 g/mol. The highest BCUT2D eigenvalue weighted by molar-refractivity contribution is 6.04.